The summed E-state index contributed by atoms with van der Waals surface area (Å²) in [6.45, 7) is 3.43. The summed E-state index contributed by atoms with van der Waals surface area (Å²) in [5.41, 5.74) is 1.37. The molecule has 0 aromatic rings. The smallest absolute Gasteiger partial charge is 0.227 e. The molecule has 0 aromatic carbocycles. The zero-order valence-corrected chi connectivity index (χ0v) is 7.85. The summed E-state index contributed by atoms with van der Waals surface area (Å²) < 4.78 is 15.9. The second-order valence-electron chi connectivity index (χ2n) is 2.55. The lowest BCUT2D eigenvalue weighted by atomic mass is 10.1. The summed E-state index contributed by atoms with van der Waals surface area (Å²) >= 11 is 0. The average molecular weight is 172 g/mol. The summed E-state index contributed by atoms with van der Waals surface area (Å²) in [5, 5.41) is 0. The third kappa shape index (κ3) is 5.96. The van der Waals surface area contributed by atoms with Gasteiger partial charge in [-0.25, -0.2) is 4.39 Å². The van der Waals surface area contributed by atoms with E-state index in [4.69, 9.17) is 0 Å². The number of hydrogen-bond donors (Lipinski definition) is 0. The molecule has 0 bridgehead atoms. The van der Waals surface area contributed by atoms with Crippen molar-refractivity contribution in [3.05, 3.63) is 24.0 Å². The van der Waals surface area contributed by atoms with Gasteiger partial charge < -0.3 is 4.74 Å². The summed E-state index contributed by atoms with van der Waals surface area (Å²) in [7, 11) is 0. The third-order valence-corrected chi connectivity index (χ3v) is 1.61. The molecule has 0 amide bonds. The van der Waals surface area contributed by atoms with E-state index >= 15 is 0 Å². The minimum Gasteiger partial charge on any atom is -0.471 e. The molecule has 0 aliphatic heterocycles. The van der Waals surface area contributed by atoms with Crippen LogP contribution in [0, 0.1) is 0 Å². The SMILES string of the molecule is C/C=C(\C/C=C/OCF)CCC. The van der Waals surface area contributed by atoms with Gasteiger partial charge in [0, 0.05) is 0 Å². The van der Waals surface area contributed by atoms with Gasteiger partial charge in [-0.3, -0.25) is 0 Å². The van der Waals surface area contributed by atoms with Crippen LogP contribution in [-0.2, 0) is 4.74 Å². The Bertz CT molecular complexity index is 150. The Hall–Kier alpha value is -0.790. The predicted molar refractivity (Wildman–Crippen MR) is 49.5 cm³/mol. The van der Waals surface area contributed by atoms with E-state index in [0.29, 0.717) is 0 Å². The first-order valence-electron chi connectivity index (χ1n) is 4.31. The van der Waals surface area contributed by atoms with Crippen molar-refractivity contribution < 1.29 is 9.13 Å². The number of hydrogen-bond acceptors (Lipinski definition) is 1. The zero-order valence-electron chi connectivity index (χ0n) is 7.85. The highest BCUT2D eigenvalue weighted by atomic mass is 19.1. The fraction of sp³-hybridized carbons (Fsp3) is 0.600. The molecule has 0 rings (SSSR count). The molecular formula is C10H17FO. The van der Waals surface area contributed by atoms with Crippen molar-refractivity contribution in [2.45, 2.75) is 33.1 Å². The molecule has 0 unspecified atom stereocenters. The van der Waals surface area contributed by atoms with E-state index in [1.165, 1.54) is 11.8 Å². The Balaban J connectivity index is 3.58. The van der Waals surface area contributed by atoms with Crippen molar-refractivity contribution in [3.63, 3.8) is 0 Å². The molecule has 0 aliphatic rings. The molecule has 0 saturated heterocycles. The molecule has 0 fully saturated rings. The van der Waals surface area contributed by atoms with Gasteiger partial charge in [0.2, 0.25) is 6.86 Å². The van der Waals surface area contributed by atoms with Crippen LogP contribution in [0.1, 0.15) is 33.1 Å². The Kier molecular flexibility index (Phi) is 7.76. The standard InChI is InChI=1S/C10H17FO/c1-3-6-10(4-2)7-5-8-12-9-11/h4-5,8H,3,6-7,9H2,1-2H3/b8-5+,10-4-. The molecule has 0 aliphatic carbocycles. The summed E-state index contributed by atoms with van der Waals surface area (Å²) in [5.74, 6) is 0. The van der Waals surface area contributed by atoms with Crippen LogP contribution < -0.4 is 0 Å². The summed E-state index contributed by atoms with van der Waals surface area (Å²) in [4.78, 5) is 0. The second-order valence-corrected chi connectivity index (χ2v) is 2.55. The summed E-state index contributed by atoms with van der Waals surface area (Å²) in [6, 6.07) is 0. The van der Waals surface area contributed by atoms with E-state index in [2.05, 4.69) is 17.7 Å². The molecule has 0 atom stereocenters. The lowest BCUT2D eigenvalue weighted by Gasteiger charge is -1.99. The normalized spacial score (nSPS) is 12.4. The van der Waals surface area contributed by atoms with Crippen molar-refractivity contribution in [3.8, 4) is 0 Å². The maximum absolute atomic E-state index is 11.5. The molecule has 0 aromatic heterocycles. The average Bonchev–Trinajstić information content (AvgIpc) is 2.10. The lowest BCUT2D eigenvalue weighted by molar-refractivity contribution is 0.140. The van der Waals surface area contributed by atoms with Crippen LogP contribution in [0.25, 0.3) is 0 Å². The lowest BCUT2D eigenvalue weighted by Crippen LogP contribution is -1.81. The predicted octanol–water partition coefficient (Wildman–Crippen LogP) is 3.58. The van der Waals surface area contributed by atoms with Gasteiger partial charge in [0.25, 0.3) is 0 Å². The van der Waals surface area contributed by atoms with Gasteiger partial charge in [0.15, 0.2) is 0 Å². The van der Waals surface area contributed by atoms with Crippen LogP contribution in [0.15, 0.2) is 24.0 Å². The van der Waals surface area contributed by atoms with Gasteiger partial charge in [-0.15, -0.1) is 0 Å². The molecular weight excluding hydrogens is 155 g/mol. The molecule has 0 radical (unpaired) electrons. The van der Waals surface area contributed by atoms with Crippen molar-refractivity contribution in [2.75, 3.05) is 6.86 Å². The second kappa shape index (κ2) is 8.31. The number of alkyl halides is 1. The molecule has 70 valence electrons. The maximum atomic E-state index is 11.5. The summed E-state index contributed by atoms with van der Waals surface area (Å²) in [6.07, 6.45) is 8.48. The van der Waals surface area contributed by atoms with Crippen LogP contribution in [-0.4, -0.2) is 6.86 Å². The van der Waals surface area contributed by atoms with E-state index in [-0.39, 0.29) is 0 Å². The van der Waals surface area contributed by atoms with E-state index in [9.17, 15) is 4.39 Å². The quantitative estimate of drug-likeness (QED) is 0.439. The van der Waals surface area contributed by atoms with Gasteiger partial charge in [0.05, 0.1) is 6.26 Å². The number of allylic oxidation sites excluding steroid dienone is 3. The van der Waals surface area contributed by atoms with Crippen molar-refractivity contribution >= 4 is 0 Å². The number of ether oxygens (including phenoxy) is 1. The highest BCUT2D eigenvalue weighted by Crippen LogP contribution is 2.09. The molecule has 0 heterocycles. The Morgan fingerprint density at radius 1 is 1.50 bits per heavy atom. The third-order valence-electron chi connectivity index (χ3n) is 1.61. The first-order chi connectivity index (χ1) is 5.85. The zero-order chi connectivity index (χ0) is 9.23. The first kappa shape index (κ1) is 11.2. The van der Waals surface area contributed by atoms with Gasteiger partial charge in [-0.2, -0.15) is 0 Å². The molecule has 0 N–H and O–H groups in total. The van der Waals surface area contributed by atoms with E-state index in [0.717, 1.165) is 19.3 Å². The van der Waals surface area contributed by atoms with Gasteiger partial charge in [0.1, 0.15) is 0 Å². The number of halogens is 1. The highest BCUT2D eigenvalue weighted by Gasteiger charge is 1.90. The van der Waals surface area contributed by atoms with Gasteiger partial charge in [-0.05, 0) is 25.8 Å². The molecule has 1 nitrogen and oxygen atoms in total. The topological polar surface area (TPSA) is 9.23 Å². The van der Waals surface area contributed by atoms with Crippen LogP contribution >= 0.6 is 0 Å². The highest BCUT2D eigenvalue weighted by molar-refractivity contribution is 5.05. The molecule has 2 heteroatoms. The molecule has 12 heavy (non-hydrogen) atoms. The van der Waals surface area contributed by atoms with Gasteiger partial charge >= 0.3 is 0 Å². The van der Waals surface area contributed by atoms with Crippen LogP contribution in [0.2, 0.25) is 0 Å². The minimum absolute atomic E-state index is 0.741. The van der Waals surface area contributed by atoms with Crippen molar-refractivity contribution in [2.24, 2.45) is 0 Å². The van der Waals surface area contributed by atoms with Crippen molar-refractivity contribution in [1.29, 1.82) is 0 Å². The Morgan fingerprint density at radius 3 is 2.75 bits per heavy atom. The molecule has 0 spiro atoms. The molecule has 0 saturated carbocycles. The van der Waals surface area contributed by atoms with E-state index < -0.39 is 6.86 Å². The van der Waals surface area contributed by atoms with Gasteiger partial charge in [-0.1, -0.05) is 25.0 Å². The monoisotopic (exact) mass is 172 g/mol. The largest absolute Gasteiger partial charge is 0.471 e. The van der Waals surface area contributed by atoms with E-state index in [1.54, 1.807) is 0 Å². The first-order valence-corrected chi connectivity index (χ1v) is 4.31. The fourth-order valence-corrected chi connectivity index (χ4v) is 0.989. The Morgan fingerprint density at radius 2 is 2.25 bits per heavy atom. The van der Waals surface area contributed by atoms with Crippen LogP contribution in [0.4, 0.5) is 4.39 Å². The van der Waals surface area contributed by atoms with E-state index in [1.807, 2.05) is 13.0 Å². The fourth-order valence-electron chi connectivity index (χ4n) is 0.989. The number of rotatable bonds is 6. The minimum atomic E-state index is -0.741. The van der Waals surface area contributed by atoms with Crippen LogP contribution in [0.5, 0.6) is 0 Å². The van der Waals surface area contributed by atoms with Crippen molar-refractivity contribution in [1.82, 2.24) is 0 Å². The maximum Gasteiger partial charge on any atom is 0.227 e. The van der Waals surface area contributed by atoms with Crippen LogP contribution in [0.3, 0.4) is 0 Å². The Labute approximate surface area is 73.9 Å².